The van der Waals surface area contributed by atoms with Gasteiger partial charge in [0, 0.05) is 16.7 Å². The molecule has 0 heterocycles. The first-order valence-electron chi connectivity index (χ1n) is 6.99. The van der Waals surface area contributed by atoms with Crippen LogP contribution in [0.25, 0.3) is 0 Å². The largest absolute Gasteiger partial charge is 0.480 e. The highest BCUT2D eigenvalue weighted by Gasteiger charge is 2.25. The van der Waals surface area contributed by atoms with Crippen LogP contribution in [0.1, 0.15) is 20.8 Å². The van der Waals surface area contributed by atoms with Crippen molar-refractivity contribution < 1.29 is 28.7 Å². The summed E-state index contributed by atoms with van der Waals surface area (Å²) in [6.45, 7) is 4.87. The number of nitrogen functional groups attached to an aromatic ring is 1. The first-order chi connectivity index (χ1) is 11.4. The second-order valence-electron chi connectivity index (χ2n) is 5.95. The second kappa shape index (κ2) is 8.01. The number of hydrogen-bond donors (Lipinski definition) is 3. The van der Waals surface area contributed by atoms with E-state index < -0.39 is 40.1 Å². The number of anilines is 1. The van der Waals surface area contributed by atoms with E-state index in [1.54, 1.807) is 20.8 Å². The van der Waals surface area contributed by atoms with Gasteiger partial charge in [-0.25, -0.2) is 9.59 Å². The smallest absolute Gasteiger partial charge is 0.408 e. The van der Waals surface area contributed by atoms with Crippen LogP contribution in [0.2, 0.25) is 0 Å². The van der Waals surface area contributed by atoms with Gasteiger partial charge in [0.2, 0.25) is 5.82 Å². The zero-order valence-electron chi connectivity index (χ0n) is 13.7. The van der Waals surface area contributed by atoms with Gasteiger partial charge in [-0.05, 0) is 26.8 Å². The fourth-order valence-electron chi connectivity index (χ4n) is 1.62. The Balaban J connectivity index is 2.82. The maximum Gasteiger partial charge on any atom is 0.408 e. The molecule has 4 N–H and O–H groups in total. The molecular weight excluding hydrogens is 357 g/mol. The lowest BCUT2D eigenvalue weighted by Gasteiger charge is -2.22. The summed E-state index contributed by atoms with van der Waals surface area (Å²) in [6.07, 6.45) is -0.914. The van der Waals surface area contributed by atoms with Crippen LogP contribution in [0, 0.1) is 15.9 Å². The maximum atomic E-state index is 13.6. The summed E-state index contributed by atoms with van der Waals surface area (Å²) in [5.74, 6) is -2.59. The Labute approximate surface area is 146 Å². The second-order valence-corrected chi connectivity index (χ2v) is 7.01. The van der Waals surface area contributed by atoms with Crippen molar-refractivity contribution >= 4 is 35.2 Å². The van der Waals surface area contributed by atoms with Crippen LogP contribution < -0.4 is 11.1 Å². The number of carboxylic acids is 1. The number of nitrogens with zero attached hydrogens (tertiary/aromatic N) is 1. The van der Waals surface area contributed by atoms with Crippen LogP contribution in [0.3, 0.4) is 0 Å². The molecule has 0 aliphatic carbocycles. The third kappa shape index (κ3) is 6.45. The van der Waals surface area contributed by atoms with Crippen molar-refractivity contribution in [1.29, 1.82) is 0 Å². The van der Waals surface area contributed by atoms with Gasteiger partial charge < -0.3 is 20.9 Å². The van der Waals surface area contributed by atoms with Gasteiger partial charge in [-0.15, -0.1) is 11.8 Å². The monoisotopic (exact) mass is 375 g/mol. The molecule has 0 radical (unpaired) electrons. The third-order valence-electron chi connectivity index (χ3n) is 2.67. The molecule has 138 valence electrons. The lowest BCUT2D eigenvalue weighted by Crippen LogP contribution is -2.44. The lowest BCUT2D eigenvalue weighted by atomic mass is 10.2. The number of hydrogen-bond acceptors (Lipinski definition) is 7. The first-order valence-corrected chi connectivity index (χ1v) is 7.98. The average Bonchev–Trinajstić information content (AvgIpc) is 2.43. The number of halogens is 1. The normalized spacial score (nSPS) is 12.3. The lowest BCUT2D eigenvalue weighted by molar-refractivity contribution is -0.387. The minimum atomic E-state index is -1.32. The topological polar surface area (TPSA) is 145 Å². The Morgan fingerprint density at radius 2 is 2.08 bits per heavy atom. The maximum absolute atomic E-state index is 13.6. The molecule has 0 aromatic heterocycles. The summed E-state index contributed by atoms with van der Waals surface area (Å²) in [6, 6.07) is 0.386. The molecule has 1 aromatic rings. The summed E-state index contributed by atoms with van der Waals surface area (Å²) in [5, 5.41) is 22.0. The fourth-order valence-corrected chi connectivity index (χ4v) is 2.61. The highest BCUT2D eigenvalue weighted by atomic mass is 32.2. The molecule has 0 fully saturated rings. The molecule has 1 atom stereocenters. The molecule has 1 rings (SSSR count). The number of nitrogens with one attached hydrogen (secondary N) is 1. The van der Waals surface area contributed by atoms with Gasteiger partial charge in [0.15, 0.2) is 0 Å². The van der Waals surface area contributed by atoms with Gasteiger partial charge in [0.1, 0.15) is 11.6 Å². The molecule has 1 amide bonds. The summed E-state index contributed by atoms with van der Waals surface area (Å²) >= 11 is 0.839. The van der Waals surface area contributed by atoms with Gasteiger partial charge in [-0.1, -0.05) is 0 Å². The van der Waals surface area contributed by atoms with Gasteiger partial charge in [-0.3, -0.25) is 10.1 Å². The number of carboxylic acid groups (broad SMARTS) is 1. The van der Waals surface area contributed by atoms with E-state index in [0.717, 1.165) is 23.9 Å². The van der Waals surface area contributed by atoms with Crippen molar-refractivity contribution in [2.45, 2.75) is 37.3 Å². The Bertz CT molecular complexity index is 692. The molecular formula is C14H18FN3O6S. The molecule has 1 aromatic carbocycles. The standard InChI is InChI=1S/C14H18FN3O6S/c1-14(2,3)24-13(21)17-9(12(19)20)6-25-11-4-7(15)10(18(22)23)5-8(11)16/h4-5,9H,6,16H2,1-3H3,(H,17,21)(H,19,20). The number of carbonyl (C=O) groups excluding carboxylic acids is 1. The number of alkyl carbamates (subject to hydrolysis) is 1. The minimum Gasteiger partial charge on any atom is -0.480 e. The number of amides is 1. The van der Waals surface area contributed by atoms with E-state index in [1.165, 1.54) is 0 Å². The molecule has 0 aliphatic rings. The first kappa shape index (κ1) is 20.5. The Morgan fingerprint density at radius 1 is 1.48 bits per heavy atom. The highest BCUT2D eigenvalue weighted by Crippen LogP contribution is 2.31. The van der Waals surface area contributed by atoms with Crippen molar-refractivity contribution in [3.8, 4) is 0 Å². The molecule has 9 nitrogen and oxygen atoms in total. The number of aliphatic carboxylic acids is 1. The number of benzene rings is 1. The predicted octanol–water partition coefficient (Wildman–Crippen LogP) is 2.39. The number of ether oxygens (including phenoxy) is 1. The zero-order chi connectivity index (χ0) is 19.4. The number of rotatable bonds is 6. The third-order valence-corrected chi connectivity index (χ3v) is 3.84. The number of carbonyl (C=O) groups is 2. The van der Waals surface area contributed by atoms with Crippen LogP contribution in [0.5, 0.6) is 0 Å². The van der Waals surface area contributed by atoms with Crippen molar-refractivity contribution in [1.82, 2.24) is 5.32 Å². The van der Waals surface area contributed by atoms with Gasteiger partial charge >= 0.3 is 17.7 Å². The van der Waals surface area contributed by atoms with Crippen LogP contribution in [0.15, 0.2) is 17.0 Å². The van der Waals surface area contributed by atoms with E-state index in [-0.39, 0.29) is 16.3 Å². The van der Waals surface area contributed by atoms with Gasteiger partial charge in [-0.2, -0.15) is 4.39 Å². The number of nitrogens with two attached hydrogens (primary N) is 1. The van der Waals surface area contributed by atoms with E-state index in [1.807, 2.05) is 0 Å². The van der Waals surface area contributed by atoms with Crippen molar-refractivity contribution in [2.24, 2.45) is 0 Å². The zero-order valence-corrected chi connectivity index (χ0v) is 14.6. The fraction of sp³-hybridized carbons (Fsp3) is 0.429. The van der Waals surface area contributed by atoms with Crippen molar-refractivity contribution in [2.75, 3.05) is 11.5 Å². The van der Waals surface area contributed by atoms with E-state index in [0.29, 0.717) is 0 Å². The molecule has 0 saturated heterocycles. The van der Waals surface area contributed by atoms with Crippen LogP contribution in [-0.2, 0) is 9.53 Å². The van der Waals surface area contributed by atoms with E-state index >= 15 is 0 Å². The molecule has 0 bridgehead atoms. The van der Waals surface area contributed by atoms with Crippen molar-refractivity contribution in [3.05, 3.63) is 28.1 Å². The number of nitro groups is 1. The Hall–Kier alpha value is -2.56. The van der Waals surface area contributed by atoms with E-state index in [2.05, 4.69) is 5.32 Å². The van der Waals surface area contributed by atoms with Crippen LogP contribution >= 0.6 is 11.8 Å². The van der Waals surface area contributed by atoms with Crippen LogP contribution in [0.4, 0.5) is 20.6 Å². The Morgan fingerprint density at radius 3 is 2.56 bits per heavy atom. The summed E-state index contributed by atoms with van der Waals surface area (Å²) in [7, 11) is 0. The van der Waals surface area contributed by atoms with E-state index in [9.17, 15) is 24.1 Å². The summed E-state index contributed by atoms with van der Waals surface area (Å²) in [5.41, 5.74) is 3.98. The quantitative estimate of drug-likeness (QED) is 0.297. The van der Waals surface area contributed by atoms with Crippen molar-refractivity contribution in [3.63, 3.8) is 0 Å². The molecule has 25 heavy (non-hydrogen) atoms. The SMILES string of the molecule is CC(C)(C)OC(=O)NC(CSc1cc(F)c([N+](=O)[O-])cc1N)C(=O)O. The van der Waals surface area contributed by atoms with Gasteiger partial charge in [0.25, 0.3) is 0 Å². The number of thioether (sulfide) groups is 1. The predicted molar refractivity (Wildman–Crippen MR) is 89.0 cm³/mol. The summed E-state index contributed by atoms with van der Waals surface area (Å²) in [4.78, 5) is 32.8. The molecule has 0 aliphatic heterocycles. The molecule has 11 heteroatoms. The highest BCUT2D eigenvalue weighted by molar-refractivity contribution is 7.99. The van der Waals surface area contributed by atoms with E-state index in [4.69, 9.17) is 15.6 Å². The minimum absolute atomic E-state index is 0.0699. The number of nitro benzene ring substituents is 1. The van der Waals surface area contributed by atoms with Crippen LogP contribution in [-0.4, -0.2) is 39.5 Å². The summed E-state index contributed by atoms with van der Waals surface area (Å²) < 4.78 is 18.6. The molecule has 0 saturated carbocycles. The molecule has 0 spiro atoms. The molecule has 1 unspecified atom stereocenters. The van der Waals surface area contributed by atoms with Gasteiger partial charge in [0.05, 0.1) is 10.6 Å². The Kier molecular flexibility index (Phi) is 6.56. The average molecular weight is 375 g/mol.